The lowest BCUT2D eigenvalue weighted by Gasteiger charge is -2.28. The van der Waals surface area contributed by atoms with Crippen molar-refractivity contribution in [1.29, 1.82) is 0 Å². The van der Waals surface area contributed by atoms with E-state index in [2.05, 4.69) is 49.5 Å². The van der Waals surface area contributed by atoms with Crippen molar-refractivity contribution >= 4 is 16.7 Å². The molecule has 3 N–H and O–H groups in total. The standard InChI is InChI=1S/C32H34FNO4/c1-21(27-10-6-7-11-28(27)29-15-14-25(31(36)37)17-30(29)33)38-20-26(35)19-34-32(2,3)18-22-12-13-23-8-4-5-9-24(23)16-22/h4-17,21,26,34-35H,18-20H2,1-3H3,(H,36,37)/t21?,26-/m1/s1. The second kappa shape index (κ2) is 11.9. The zero-order chi connectivity index (χ0) is 27.3. The molecule has 2 atom stereocenters. The smallest absolute Gasteiger partial charge is 0.335 e. The van der Waals surface area contributed by atoms with Gasteiger partial charge in [0.2, 0.25) is 0 Å². The molecule has 4 rings (SSSR count). The number of nitrogens with one attached hydrogen (secondary N) is 1. The van der Waals surface area contributed by atoms with Crippen molar-refractivity contribution in [3.63, 3.8) is 0 Å². The Labute approximate surface area is 222 Å². The summed E-state index contributed by atoms with van der Waals surface area (Å²) < 4.78 is 20.7. The number of carboxylic acids is 1. The number of hydrogen-bond acceptors (Lipinski definition) is 4. The molecule has 198 valence electrons. The Morgan fingerprint density at radius 3 is 2.39 bits per heavy atom. The van der Waals surface area contributed by atoms with Crippen molar-refractivity contribution in [2.45, 2.75) is 44.9 Å². The predicted molar refractivity (Wildman–Crippen MR) is 149 cm³/mol. The SMILES string of the molecule is CC(OC[C@H](O)CNC(C)(C)Cc1ccc2ccccc2c1)c1ccccc1-c1ccc(C(=O)O)cc1F. The number of halogens is 1. The zero-order valence-corrected chi connectivity index (χ0v) is 21.9. The molecule has 4 aromatic rings. The summed E-state index contributed by atoms with van der Waals surface area (Å²) in [5.41, 5.74) is 2.57. The third kappa shape index (κ3) is 6.84. The van der Waals surface area contributed by atoms with Gasteiger partial charge in [-0.1, -0.05) is 72.8 Å². The molecule has 0 spiro atoms. The van der Waals surface area contributed by atoms with E-state index in [0.717, 1.165) is 18.1 Å². The van der Waals surface area contributed by atoms with Gasteiger partial charge >= 0.3 is 5.97 Å². The van der Waals surface area contributed by atoms with Gasteiger partial charge in [-0.25, -0.2) is 9.18 Å². The molecule has 5 nitrogen and oxygen atoms in total. The summed E-state index contributed by atoms with van der Waals surface area (Å²) in [7, 11) is 0. The molecule has 0 saturated heterocycles. The van der Waals surface area contributed by atoms with Crippen LogP contribution in [0.5, 0.6) is 0 Å². The van der Waals surface area contributed by atoms with Crippen LogP contribution in [0, 0.1) is 5.82 Å². The fourth-order valence-electron chi connectivity index (χ4n) is 4.68. The summed E-state index contributed by atoms with van der Waals surface area (Å²) in [6.07, 6.45) is -0.335. The highest BCUT2D eigenvalue weighted by Crippen LogP contribution is 2.32. The zero-order valence-electron chi connectivity index (χ0n) is 21.9. The molecule has 0 heterocycles. The van der Waals surface area contributed by atoms with Crippen LogP contribution in [0.4, 0.5) is 4.39 Å². The Morgan fingerprint density at radius 2 is 1.66 bits per heavy atom. The molecule has 0 saturated carbocycles. The second-order valence-corrected chi connectivity index (χ2v) is 10.3. The van der Waals surface area contributed by atoms with Crippen LogP contribution in [0.1, 0.15) is 48.4 Å². The molecule has 0 fully saturated rings. The van der Waals surface area contributed by atoms with Crippen LogP contribution in [0.3, 0.4) is 0 Å². The minimum absolute atomic E-state index is 0.104. The summed E-state index contributed by atoms with van der Waals surface area (Å²) in [6, 6.07) is 25.9. The number of aliphatic hydroxyl groups excluding tert-OH is 1. The number of carbonyl (C=O) groups is 1. The highest BCUT2D eigenvalue weighted by Gasteiger charge is 2.21. The van der Waals surface area contributed by atoms with Crippen LogP contribution in [-0.2, 0) is 11.2 Å². The van der Waals surface area contributed by atoms with Crippen LogP contribution in [0.15, 0.2) is 84.9 Å². The van der Waals surface area contributed by atoms with Crippen molar-refractivity contribution in [2.24, 2.45) is 0 Å². The van der Waals surface area contributed by atoms with Gasteiger partial charge in [0.05, 0.1) is 24.4 Å². The molecular formula is C32H34FNO4. The number of aromatic carboxylic acids is 1. The fourth-order valence-corrected chi connectivity index (χ4v) is 4.68. The van der Waals surface area contributed by atoms with Crippen LogP contribution in [0.25, 0.3) is 21.9 Å². The largest absolute Gasteiger partial charge is 0.478 e. The number of benzene rings is 4. The van der Waals surface area contributed by atoms with E-state index in [1.165, 1.54) is 28.5 Å². The number of carboxylic acid groups (broad SMARTS) is 1. The minimum Gasteiger partial charge on any atom is -0.478 e. The Kier molecular flexibility index (Phi) is 8.57. The van der Waals surface area contributed by atoms with Gasteiger partial charge in [-0.2, -0.15) is 0 Å². The molecule has 38 heavy (non-hydrogen) atoms. The summed E-state index contributed by atoms with van der Waals surface area (Å²) in [5.74, 6) is -1.79. The summed E-state index contributed by atoms with van der Waals surface area (Å²) in [5, 5.41) is 25.6. The van der Waals surface area contributed by atoms with Crippen molar-refractivity contribution in [1.82, 2.24) is 5.32 Å². The number of rotatable bonds is 11. The fraction of sp³-hybridized carbons (Fsp3) is 0.281. The average molecular weight is 516 g/mol. The number of β-amino-alcohol motifs (C(OH)–C–C–N with tert-alkyl or cyclic N) is 1. The summed E-state index contributed by atoms with van der Waals surface area (Å²) >= 11 is 0. The lowest BCUT2D eigenvalue weighted by atomic mass is 9.93. The van der Waals surface area contributed by atoms with E-state index >= 15 is 0 Å². The van der Waals surface area contributed by atoms with E-state index in [-0.39, 0.29) is 17.7 Å². The molecular weight excluding hydrogens is 481 g/mol. The first-order valence-corrected chi connectivity index (χ1v) is 12.8. The molecule has 0 aromatic heterocycles. The maximum absolute atomic E-state index is 14.7. The van der Waals surface area contributed by atoms with Gasteiger partial charge in [-0.15, -0.1) is 0 Å². The number of aliphatic hydroxyl groups is 1. The van der Waals surface area contributed by atoms with E-state index in [4.69, 9.17) is 9.84 Å². The first kappa shape index (κ1) is 27.5. The average Bonchev–Trinajstić information content (AvgIpc) is 2.90. The normalized spacial score (nSPS) is 13.4. The first-order valence-electron chi connectivity index (χ1n) is 12.8. The molecule has 1 unspecified atom stereocenters. The van der Waals surface area contributed by atoms with Crippen molar-refractivity contribution in [2.75, 3.05) is 13.2 Å². The number of hydrogen-bond donors (Lipinski definition) is 3. The van der Waals surface area contributed by atoms with E-state index in [1.807, 2.05) is 31.2 Å². The first-order chi connectivity index (χ1) is 18.1. The minimum atomic E-state index is -1.18. The Balaban J connectivity index is 1.34. The maximum atomic E-state index is 14.7. The van der Waals surface area contributed by atoms with Gasteiger partial charge in [-0.3, -0.25) is 0 Å². The van der Waals surface area contributed by atoms with E-state index < -0.39 is 24.0 Å². The lowest BCUT2D eigenvalue weighted by Crippen LogP contribution is -2.46. The van der Waals surface area contributed by atoms with Crippen molar-refractivity contribution in [3.05, 3.63) is 107 Å². The van der Waals surface area contributed by atoms with Gasteiger partial charge in [0.25, 0.3) is 0 Å². The summed E-state index contributed by atoms with van der Waals surface area (Å²) in [6.45, 7) is 6.54. The molecule has 0 aliphatic rings. The highest BCUT2D eigenvalue weighted by molar-refractivity contribution is 5.88. The molecule has 0 bridgehead atoms. The van der Waals surface area contributed by atoms with E-state index in [1.54, 1.807) is 12.1 Å². The predicted octanol–water partition coefficient (Wildman–Crippen LogP) is 6.39. The topological polar surface area (TPSA) is 78.8 Å². The van der Waals surface area contributed by atoms with Crippen LogP contribution in [0.2, 0.25) is 0 Å². The highest BCUT2D eigenvalue weighted by atomic mass is 19.1. The van der Waals surface area contributed by atoms with Gasteiger partial charge < -0.3 is 20.3 Å². The number of ether oxygens (including phenoxy) is 1. The molecule has 0 radical (unpaired) electrons. The van der Waals surface area contributed by atoms with E-state index in [0.29, 0.717) is 17.7 Å². The Morgan fingerprint density at radius 1 is 0.947 bits per heavy atom. The molecule has 0 aliphatic carbocycles. The molecule has 0 aliphatic heterocycles. The molecule has 4 aromatic carbocycles. The van der Waals surface area contributed by atoms with Crippen LogP contribution < -0.4 is 5.32 Å². The molecule has 0 amide bonds. The molecule has 6 heteroatoms. The summed E-state index contributed by atoms with van der Waals surface area (Å²) in [4.78, 5) is 11.2. The van der Waals surface area contributed by atoms with Crippen molar-refractivity contribution in [3.8, 4) is 11.1 Å². The quantitative estimate of drug-likeness (QED) is 0.216. The van der Waals surface area contributed by atoms with Gasteiger partial charge in [0.1, 0.15) is 5.82 Å². The van der Waals surface area contributed by atoms with Crippen molar-refractivity contribution < 1.29 is 24.1 Å². The van der Waals surface area contributed by atoms with E-state index in [9.17, 15) is 14.3 Å². The maximum Gasteiger partial charge on any atom is 0.335 e. The lowest BCUT2D eigenvalue weighted by molar-refractivity contribution is -0.00397. The second-order valence-electron chi connectivity index (χ2n) is 10.3. The van der Waals surface area contributed by atoms with Gasteiger partial charge in [0, 0.05) is 17.6 Å². The van der Waals surface area contributed by atoms with Crippen LogP contribution in [-0.4, -0.2) is 41.0 Å². The monoisotopic (exact) mass is 515 g/mol. The number of fused-ring (bicyclic) bond motifs is 1. The third-order valence-electron chi connectivity index (χ3n) is 6.72. The Hall–Kier alpha value is -3.58. The van der Waals surface area contributed by atoms with Crippen LogP contribution >= 0.6 is 0 Å². The van der Waals surface area contributed by atoms with Gasteiger partial charge in [0.15, 0.2) is 0 Å². The third-order valence-corrected chi connectivity index (χ3v) is 6.72. The Bertz CT molecular complexity index is 1420. The van der Waals surface area contributed by atoms with Gasteiger partial charge in [-0.05, 0) is 66.8 Å².